The number of aromatic nitrogens is 1. The largest absolute Gasteiger partial charge is 0.336 e. The van der Waals surface area contributed by atoms with E-state index in [1.807, 2.05) is 12.1 Å². The SMILES string of the molecule is O=C(CC12CC3CC(CC(C3)C1)C2)On1ccccc1=S. The van der Waals surface area contributed by atoms with Crippen molar-refractivity contribution < 1.29 is 9.63 Å². The highest BCUT2D eigenvalue weighted by atomic mass is 32.1. The van der Waals surface area contributed by atoms with E-state index in [9.17, 15) is 4.79 Å². The maximum absolute atomic E-state index is 12.4. The first kappa shape index (κ1) is 13.5. The lowest BCUT2D eigenvalue weighted by Gasteiger charge is -2.56. The van der Waals surface area contributed by atoms with Gasteiger partial charge in [-0.15, -0.1) is 0 Å². The van der Waals surface area contributed by atoms with Gasteiger partial charge in [0, 0.05) is 6.20 Å². The Balaban J connectivity index is 1.47. The van der Waals surface area contributed by atoms with Crippen LogP contribution in [0, 0.1) is 27.8 Å². The summed E-state index contributed by atoms with van der Waals surface area (Å²) in [5.74, 6) is 2.47. The molecule has 21 heavy (non-hydrogen) atoms. The second-order valence-corrected chi connectivity index (χ2v) is 7.84. The molecule has 0 unspecified atom stereocenters. The minimum Gasteiger partial charge on any atom is -0.336 e. The lowest BCUT2D eigenvalue weighted by Crippen LogP contribution is -2.47. The van der Waals surface area contributed by atoms with Gasteiger partial charge in [0.2, 0.25) is 0 Å². The summed E-state index contributed by atoms with van der Waals surface area (Å²) in [6.07, 6.45) is 10.2. The molecule has 4 aliphatic carbocycles. The molecule has 4 fully saturated rings. The van der Waals surface area contributed by atoms with Crippen molar-refractivity contribution in [2.75, 3.05) is 0 Å². The van der Waals surface area contributed by atoms with Crippen molar-refractivity contribution in [3.05, 3.63) is 29.0 Å². The molecule has 0 atom stereocenters. The van der Waals surface area contributed by atoms with Gasteiger partial charge in [0.1, 0.15) is 4.64 Å². The predicted molar refractivity (Wildman–Crippen MR) is 82.1 cm³/mol. The molecule has 0 saturated heterocycles. The molecule has 0 amide bonds. The van der Waals surface area contributed by atoms with Gasteiger partial charge in [-0.05, 0) is 73.8 Å². The fourth-order valence-electron chi connectivity index (χ4n) is 5.44. The predicted octanol–water partition coefficient (Wildman–Crippen LogP) is 3.78. The Bertz CT molecular complexity index is 586. The average molecular weight is 303 g/mol. The van der Waals surface area contributed by atoms with Crippen molar-refractivity contribution in [2.45, 2.75) is 44.9 Å². The first-order chi connectivity index (χ1) is 10.1. The highest BCUT2D eigenvalue weighted by Gasteiger charge is 2.51. The van der Waals surface area contributed by atoms with Crippen LogP contribution in [-0.4, -0.2) is 10.7 Å². The third-order valence-electron chi connectivity index (χ3n) is 5.67. The molecule has 0 aliphatic heterocycles. The number of rotatable bonds is 3. The molecule has 4 heteroatoms. The fourth-order valence-corrected chi connectivity index (χ4v) is 5.62. The summed E-state index contributed by atoms with van der Waals surface area (Å²) >= 11 is 5.17. The highest BCUT2D eigenvalue weighted by Crippen LogP contribution is 2.61. The third-order valence-corrected chi connectivity index (χ3v) is 5.99. The van der Waals surface area contributed by atoms with Gasteiger partial charge in [-0.2, -0.15) is 4.73 Å². The molecular weight excluding hydrogens is 282 g/mol. The monoisotopic (exact) mass is 303 g/mol. The van der Waals surface area contributed by atoms with Crippen LogP contribution in [0.4, 0.5) is 0 Å². The van der Waals surface area contributed by atoms with Crippen molar-refractivity contribution in [3.8, 4) is 0 Å². The summed E-state index contributed by atoms with van der Waals surface area (Å²) in [6.45, 7) is 0. The first-order valence-corrected chi connectivity index (χ1v) is 8.42. The number of hydrogen-bond acceptors (Lipinski definition) is 3. The van der Waals surface area contributed by atoms with E-state index in [0.29, 0.717) is 11.1 Å². The molecule has 1 aromatic rings. The maximum Gasteiger partial charge on any atom is 0.333 e. The zero-order valence-corrected chi connectivity index (χ0v) is 13.0. The summed E-state index contributed by atoms with van der Waals surface area (Å²) in [6, 6.07) is 5.45. The van der Waals surface area contributed by atoms with Gasteiger partial charge in [0.25, 0.3) is 0 Å². The zero-order valence-electron chi connectivity index (χ0n) is 12.2. The number of carbonyl (C=O) groups is 1. The summed E-state index contributed by atoms with van der Waals surface area (Å²) in [7, 11) is 0. The summed E-state index contributed by atoms with van der Waals surface area (Å²) in [4.78, 5) is 17.8. The van der Waals surface area contributed by atoms with Crippen LogP contribution in [0.3, 0.4) is 0 Å². The molecule has 4 aliphatic rings. The summed E-state index contributed by atoms with van der Waals surface area (Å²) in [5.41, 5.74) is 0.225. The van der Waals surface area contributed by atoms with Gasteiger partial charge in [0.15, 0.2) is 0 Å². The molecule has 1 heterocycles. The Kier molecular flexibility index (Phi) is 3.18. The molecule has 0 N–H and O–H groups in total. The van der Waals surface area contributed by atoms with E-state index in [4.69, 9.17) is 17.1 Å². The molecule has 1 aromatic heterocycles. The molecule has 3 nitrogen and oxygen atoms in total. The number of pyridine rings is 1. The van der Waals surface area contributed by atoms with E-state index < -0.39 is 0 Å². The third kappa shape index (κ3) is 2.54. The van der Waals surface area contributed by atoms with Crippen molar-refractivity contribution in [3.63, 3.8) is 0 Å². The molecule has 4 saturated carbocycles. The van der Waals surface area contributed by atoms with E-state index in [0.717, 1.165) is 17.8 Å². The quantitative estimate of drug-likeness (QED) is 0.796. The number of carbonyl (C=O) groups excluding carboxylic acids is 1. The van der Waals surface area contributed by atoms with Crippen molar-refractivity contribution in [1.82, 2.24) is 4.73 Å². The molecule has 0 aromatic carbocycles. The van der Waals surface area contributed by atoms with Crippen LogP contribution in [0.15, 0.2) is 24.4 Å². The van der Waals surface area contributed by atoms with Crippen LogP contribution in [0.5, 0.6) is 0 Å². The van der Waals surface area contributed by atoms with E-state index in [-0.39, 0.29) is 11.4 Å². The van der Waals surface area contributed by atoms with Crippen molar-refractivity contribution in [1.29, 1.82) is 0 Å². The first-order valence-electron chi connectivity index (χ1n) is 8.01. The number of hydrogen-bond donors (Lipinski definition) is 0. The minimum atomic E-state index is -0.126. The second-order valence-electron chi connectivity index (χ2n) is 7.42. The van der Waals surface area contributed by atoms with Crippen LogP contribution in [0.1, 0.15) is 44.9 Å². The maximum atomic E-state index is 12.4. The van der Waals surface area contributed by atoms with Gasteiger partial charge in [-0.25, -0.2) is 4.79 Å². The molecular formula is C17H21NO2S. The van der Waals surface area contributed by atoms with Crippen LogP contribution in [0.2, 0.25) is 0 Å². The smallest absolute Gasteiger partial charge is 0.333 e. The Labute approximate surface area is 130 Å². The Morgan fingerprint density at radius 3 is 2.38 bits per heavy atom. The Hall–Kier alpha value is -1.16. The van der Waals surface area contributed by atoms with Crippen molar-refractivity contribution in [2.24, 2.45) is 23.2 Å². The van der Waals surface area contributed by atoms with E-state index in [2.05, 4.69) is 0 Å². The Morgan fingerprint density at radius 2 is 1.81 bits per heavy atom. The van der Waals surface area contributed by atoms with Gasteiger partial charge >= 0.3 is 5.97 Å². The van der Waals surface area contributed by atoms with Gasteiger partial charge in [0.05, 0.1) is 6.42 Å². The van der Waals surface area contributed by atoms with Crippen LogP contribution < -0.4 is 4.84 Å². The molecule has 0 radical (unpaired) electrons. The molecule has 0 spiro atoms. The van der Waals surface area contributed by atoms with Crippen LogP contribution in [0.25, 0.3) is 0 Å². The van der Waals surface area contributed by atoms with Gasteiger partial charge in [-0.3, -0.25) is 0 Å². The van der Waals surface area contributed by atoms with Crippen LogP contribution >= 0.6 is 12.2 Å². The van der Waals surface area contributed by atoms with Crippen LogP contribution in [-0.2, 0) is 4.79 Å². The van der Waals surface area contributed by atoms with E-state index >= 15 is 0 Å². The number of nitrogens with zero attached hydrogens (tertiary/aromatic N) is 1. The van der Waals surface area contributed by atoms with Gasteiger partial charge in [-0.1, -0.05) is 18.3 Å². The second kappa shape index (κ2) is 4.94. The molecule has 112 valence electrons. The lowest BCUT2D eigenvalue weighted by atomic mass is 9.49. The Morgan fingerprint density at radius 1 is 1.19 bits per heavy atom. The molecule has 4 bridgehead atoms. The summed E-state index contributed by atoms with van der Waals surface area (Å²) in [5, 5.41) is 0. The lowest BCUT2D eigenvalue weighted by molar-refractivity contribution is -0.152. The minimum absolute atomic E-state index is 0.126. The topological polar surface area (TPSA) is 31.2 Å². The standard InChI is InChI=1S/C17H21NO2S/c19-16(20-18-4-2-1-3-15(18)21)11-17-8-12-5-13(9-17)7-14(6-12)10-17/h1-4,12-14H,5-11H2. The zero-order chi connectivity index (χ0) is 14.4. The van der Waals surface area contributed by atoms with E-state index in [1.165, 1.54) is 43.3 Å². The summed E-state index contributed by atoms with van der Waals surface area (Å²) < 4.78 is 1.95. The highest BCUT2D eigenvalue weighted by molar-refractivity contribution is 7.71. The average Bonchev–Trinajstić information content (AvgIpc) is 2.39. The normalized spacial score (nSPS) is 36.7. The van der Waals surface area contributed by atoms with Gasteiger partial charge < -0.3 is 4.84 Å². The molecule has 5 rings (SSSR count). The van der Waals surface area contributed by atoms with Crippen molar-refractivity contribution >= 4 is 18.2 Å². The fraction of sp³-hybridized carbons (Fsp3) is 0.647. The van der Waals surface area contributed by atoms with E-state index in [1.54, 1.807) is 12.3 Å².